The Balaban J connectivity index is 1.39. The van der Waals surface area contributed by atoms with Crippen molar-refractivity contribution in [3.8, 4) is 17.1 Å². The Morgan fingerprint density at radius 1 is 1.06 bits per heavy atom. The maximum atomic E-state index is 13.5. The average molecular weight is 412 g/mol. The number of fused-ring (bicyclic) bond motifs is 4. The number of rotatable bonds is 4. The Morgan fingerprint density at radius 2 is 2.00 bits per heavy atom. The summed E-state index contributed by atoms with van der Waals surface area (Å²) >= 11 is 0. The minimum Gasteiger partial charge on any atom is -0.326 e. The van der Waals surface area contributed by atoms with Gasteiger partial charge in [-0.3, -0.25) is 4.79 Å². The zero-order chi connectivity index (χ0) is 20.8. The van der Waals surface area contributed by atoms with Crippen LogP contribution in [0.2, 0.25) is 0 Å². The van der Waals surface area contributed by atoms with Gasteiger partial charge in [-0.1, -0.05) is 18.2 Å². The first kappa shape index (κ1) is 18.3. The van der Waals surface area contributed by atoms with E-state index in [0.717, 1.165) is 42.4 Å². The standard InChI is InChI=1S/C24H24N6O/c31-24-20(5-6-22-19-11-17(12-26-13-19)14-30(22)24)23-27-8-10-28(23)15-18-3-1-2-4-21(18)29-9-7-25-16-29/h1-10,16-17,19,26H,11-15H2/t17-,19+/m0/s1. The number of hydrogen-bond donors (Lipinski definition) is 1. The van der Waals surface area contributed by atoms with Gasteiger partial charge >= 0.3 is 0 Å². The lowest BCUT2D eigenvalue weighted by Crippen LogP contribution is -2.45. The molecule has 31 heavy (non-hydrogen) atoms. The molecule has 4 aromatic rings. The van der Waals surface area contributed by atoms with Crippen LogP contribution < -0.4 is 10.9 Å². The summed E-state index contributed by atoms with van der Waals surface area (Å²) in [6.45, 7) is 3.36. The van der Waals surface area contributed by atoms with Gasteiger partial charge in [-0.2, -0.15) is 0 Å². The van der Waals surface area contributed by atoms with E-state index in [9.17, 15) is 4.79 Å². The normalized spacial score (nSPS) is 19.9. The molecule has 7 nitrogen and oxygen atoms in total. The van der Waals surface area contributed by atoms with Gasteiger partial charge in [-0.05, 0) is 42.6 Å². The van der Waals surface area contributed by atoms with Crippen LogP contribution in [-0.2, 0) is 13.1 Å². The van der Waals surface area contributed by atoms with Crippen LogP contribution in [0.4, 0.5) is 0 Å². The summed E-state index contributed by atoms with van der Waals surface area (Å²) in [5.74, 6) is 1.67. The fourth-order valence-corrected chi connectivity index (χ4v) is 5.12. The number of hydrogen-bond acceptors (Lipinski definition) is 4. The van der Waals surface area contributed by atoms with E-state index in [-0.39, 0.29) is 5.56 Å². The Kier molecular flexibility index (Phi) is 4.35. The van der Waals surface area contributed by atoms with Crippen LogP contribution in [-0.4, -0.2) is 36.8 Å². The molecule has 2 aliphatic rings. The van der Waals surface area contributed by atoms with Gasteiger partial charge in [-0.25, -0.2) is 9.97 Å². The molecule has 0 spiro atoms. The van der Waals surface area contributed by atoms with Crippen molar-refractivity contribution in [1.82, 2.24) is 29.0 Å². The molecular weight excluding hydrogens is 388 g/mol. The van der Waals surface area contributed by atoms with E-state index in [1.807, 2.05) is 39.7 Å². The highest BCUT2D eigenvalue weighted by atomic mass is 16.1. The van der Waals surface area contributed by atoms with Crippen LogP contribution in [0.5, 0.6) is 0 Å². The van der Waals surface area contributed by atoms with Crippen molar-refractivity contribution in [3.63, 3.8) is 0 Å². The SMILES string of the molecule is O=c1c(-c2nccn2Cc2ccccc2-n2ccnc2)ccc2n1C[C@@H]1CNC[C@H]2C1. The van der Waals surface area contributed by atoms with E-state index in [1.54, 1.807) is 18.7 Å². The zero-order valence-corrected chi connectivity index (χ0v) is 17.2. The highest BCUT2D eigenvalue weighted by molar-refractivity contribution is 5.55. The summed E-state index contributed by atoms with van der Waals surface area (Å²) in [5, 5.41) is 3.50. The minimum absolute atomic E-state index is 0.0736. The Hall–Kier alpha value is -3.45. The van der Waals surface area contributed by atoms with Crippen molar-refractivity contribution in [2.24, 2.45) is 5.92 Å². The molecule has 0 radical (unpaired) electrons. The second-order valence-electron chi connectivity index (χ2n) is 8.52. The van der Waals surface area contributed by atoms with Gasteiger partial charge in [0.25, 0.3) is 5.56 Å². The summed E-state index contributed by atoms with van der Waals surface area (Å²) in [6.07, 6.45) is 10.4. The van der Waals surface area contributed by atoms with Crippen molar-refractivity contribution in [2.45, 2.75) is 25.4 Å². The van der Waals surface area contributed by atoms with Gasteiger partial charge in [0.2, 0.25) is 0 Å². The fourth-order valence-electron chi connectivity index (χ4n) is 5.12. The summed E-state index contributed by atoms with van der Waals surface area (Å²) in [7, 11) is 0. The molecule has 7 heteroatoms. The number of pyridine rings is 1. The first-order valence-corrected chi connectivity index (χ1v) is 10.8. The second-order valence-corrected chi connectivity index (χ2v) is 8.52. The summed E-state index contributed by atoms with van der Waals surface area (Å²) in [6, 6.07) is 12.3. The molecule has 156 valence electrons. The highest BCUT2D eigenvalue weighted by Crippen LogP contribution is 2.32. The maximum Gasteiger partial charge on any atom is 0.261 e. The molecule has 1 N–H and O–H groups in total. The molecule has 0 unspecified atom stereocenters. The first-order valence-electron chi connectivity index (χ1n) is 10.8. The van der Waals surface area contributed by atoms with Crippen molar-refractivity contribution < 1.29 is 0 Å². The van der Waals surface area contributed by atoms with Crippen molar-refractivity contribution in [1.29, 1.82) is 0 Å². The number of aromatic nitrogens is 5. The van der Waals surface area contributed by atoms with E-state index >= 15 is 0 Å². The van der Waals surface area contributed by atoms with Gasteiger partial charge in [0.15, 0.2) is 0 Å². The fraction of sp³-hybridized carbons (Fsp3) is 0.292. The monoisotopic (exact) mass is 412 g/mol. The van der Waals surface area contributed by atoms with E-state index < -0.39 is 0 Å². The van der Waals surface area contributed by atoms with Gasteiger partial charge in [0.05, 0.1) is 24.1 Å². The Bertz CT molecular complexity index is 1290. The van der Waals surface area contributed by atoms with Crippen LogP contribution in [0.3, 0.4) is 0 Å². The zero-order valence-electron chi connectivity index (χ0n) is 17.2. The smallest absolute Gasteiger partial charge is 0.261 e. The summed E-state index contributed by atoms with van der Waals surface area (Å²) < 4.78 is 6.06. The third-order valence-corrected chi connectivity index (χ3v) is 6.58. The predicted molar refractivity (Wildman–Crippen MR) is 118 cm³/mol. The van der Waals surface area contributed by atoms with Crippen molar-refractivity contribution >= 4 is 0 Å². The summed E-state index contributed by atoms with van der Waals surface area (Å²) in [4.78, 5) is 22.2. The average Bonchev–Trinajstić information content (AvgIpc) is 3.48. The lowest BCUT2D eigenvalue weighted by atomic mass is 9.84. The van der Waals surface area contributed by atoms with Crippen LogP contribution in [0.15, 0.2) is 72.3 Å². The molecule has 2 atom stereocenters. The number of para-hydroxylation sites is 1. The van der Waals surface area contributed by atoms with Crippen molar-refractivity contribution in [2.75, 3.05) is 13.1 Å². The van der Waals surface area contributed by atoms with Crippen LogP contribution >= 0.6 is 0 Å². The van der Waals surface area contributed by atoms with E-state index in [1.165, 1.54) is 6.42 Å². The van der Waals surface area contributed by atoms with Crippen LogP contribution in [0.1, 0.15) is 23.6 Å². The topological polar surface area (TPSA) is 69.7 Å². The second kappa shape index (κ2) is 7.35. The molecule has 0 amide bonds. The number of imidazole rings is 2. The third-order valence-electron chi connectivity index (χ3n) is 6.58. The van der Waals surface area contributed by atoms with E-state index in [2.05, 4.69) is 38.1 Å². The molecule has 1 fully saturated rings. The Labute approximate surface area is 180 Å². The lowest BCUT2D eigenvalue weighted by molar-refractivity contribution is 0.257. The molecule has 2 bridgehead atoms. The molecule has 1 aromatic carbocycles. The number of benzene rings is 1. The minimum atomic E-state index is 0.0736. The molecular formula is C24H24N6O. The highest BCUT2D eigenvalue weighted by Gasteiger charge is 2.31. The van der Waals surface area contributed by atoms with Crippen molar-refractivity contribution in [3.05, 3.63) is 89.1 Å². The number of nitrogens with zero attached hydrogens (tertiary/aromatic N) is 5. The van der Waals surface area contributed by atoms with Gasteiger partial charge in [0, 0.05) is 49.5 Å². The van der Waals surface area contributed by atoms with Gasteiger partial charge in [0.1, 0.15) is 5.82 Å². The quantitative estimate of drug-likeness (QED) is 0.560. The van der Waals surface area contributed by atoms with Crippen LogP contribution in [0.25, 0.3) is 17.1 Å². The molecule has 1 saturated heterocycles. The largest absolute Gasteiger partial charge is 0.326 e. The molecule has 0 saturated carbocycles. The molecule has 5 heterocycles. The molecule has 2 aliphatic heterocycles. The first-order chi connectivity index (χ1) is 15.3. The molecule has 3 aromatic heterocycles. The third kappa shape index (κ3) is 3.13. The number of piperidine rings is 1. The molecule has 6 rings (SSSR count). The summed E-state index contributed by atoms with van der Waals surface area (Å²) in [5.41, 5.74) is 4.10. The molecule has 0 aliphatic carbocycles. The maximum absolute atomic E-state index is 13.5. The Morgan fingerprint density at radius 3 is 2.90 bits per heavy atom. The van der Waals surface area contributed by atoms with Gasteiger partial charge in [-0.15, -0.1) is 0 Å². The van der Waals surface area contributed by atoms with E-state index in [0.29, 0.717) is 23.9 Å². The van der Waals surface area contributed by atoms with Crippen LogP contribution in [0, 0.1) is 5.92 Å². The van der Waals surface area contributed by atoms with E-state index in [4.69, 9.17) is 0 Å². The van der Waals surface area contributed by atoms with Gasteiger partial charge < -0.3 is 19.0 Å². The predicted octanol–water partition coefficient (Wildman–Crippen LogP) is 2.65. The lowest BCUT2D eigenvalue weighted by Gasteiger charge is -2.37. The number of nitrogens with one attached hydrogen (secondary N) is 1.